The molecule has 0 heterocycles. The number of aliphatic hydroxyl groups excluding tert-OH is 4. The Labute approximate surface area is 603 Å². The molecule has 0 unspecified atom stereocenters. The molecule has 0 saturated heterocycles. The van der Waals surface area contributed by atoms with Crippen molar-refractivity contribution >= 4 is 88.7 Å². The summed E-state index contributed by atoms with van der Waals surface area (Å²) in [7, 11) is 4.65. The van der Waals surface area contributed by atoms with Crippen LogP contribution in [0.3, 0.4) is 0 Å². The quantitative estimate of drug-likeness (QED) is 0.0270. The van der Waals surface area contributed by atoms with Crippen molar-refractivity contribution in [2.75, 3.05) is 41.5 Å². The second-order valence-electron chi connectivity index (χ2n) is 26.6. The first-order valence-electron chi connectivity index (χ1n) is 33.5. The van der Waals surface area contributed by atoms with Crippen LogP contribution in [0, 0.1) is 29.6 Å². The van der Waals surface area contributed by atoms with Crippen LogP contribution in [0.1, 0.15) is 120 Å². The normalized spacial score (nSPS) is 17.0. The number of carbonyl (C=O) groups excluding carboxylic acids is 14. The van der Waals surface area contributed by atoms with Crippen LogP contribution in [0.5, 0.6) is 5.75 Å². The number of nitrogens with two attached hydrogens (primary N) is 4. The minimum atomic E-state index is -2.43. The molecule has 0 radical (unpaired) electrons. The minimum absolute atomic E-state index is 0.0154. The Morgan fingerprint density at radius 2 is 1.03 bits per heavy atom. The van der Waals surface area contributed by atoms with Gasteiger partial charge in [-0.05, 0) is 88.3 Å². The second-order valence-corrected chi connectivity index (χ2v) is 26.6. The molecule has 14 amide bonds. The standard InChI is InChI=1S/C66H109N15O23/c1-29(2)24-31(5)16-19-40(85)26-45(87)74-51(53(89)56(70)91)63(98)78-50(37(11)83)62(97)76-48(34(8)67)60(95)75-47(32(6)33(7)55(69)90)59(94)77-49(36(10)82)61(96)73-42(28-103-14)57(92)71-27-46(88)72-41(25-30(3)4)64(99)81(13)43(22-23-44(68)86)58(93)79-52(65(100)80(12)35(9)66(101)102)54(104-15)38-17-20-39(84)21-18-38/h16-21,29-37,40-43,47-54,82-85,89H,22-28,67H2,1-15H3,(H2,68,86)(H2,69,90)(H2,70,91)(H,71,92)(H,72,88)(H,73,96)(H,74,87)(H,75,95)(H,76,97)(H,77,94)(H,78,98)(H,79,93)(H,101,102)/b19-16-/t31-,32+,33-,34+,35+,36-,37-,40-,41+,42-,43+,47+,48+,49-,50+,51-,52-,53+,54-/m1/s1. The molecule has 0 aliphatic heterocycles. The molecule has 0 aliphatic rings. The number of methoxy groups -OCH3 is 2. The number of carboxylic acid groups (broad SMARTS) is 1. The van der Waals surface area contributed by atoms with E-state index in [4.69, 9.17) is 32.4 Å². The van der Waals surface area contributed by atoms with Gasteiger partial charge in [0.2, 0.25) is 82.7 Å². The van der Waals surface area contributed by atoms with Crippen LogP contribution in [0.25, 0.3) is 0 Å². The first-order valence-corrected chi connectivity index (χ1v) is 33.5. The van der Waals surface area contributed by atoms with Gasteiger partial charge in [-0.1, -0.05) is 72.8 Å². The van der Waals surface area contributed by atoms with E-state index in [9.17, 15) is 103 Å². The number of benzene rings is 1. The zero-order chi connectivity index (χ0) is 80.1. The maximum absolute atomic E-state index is 14.5. The van der Waals surface area contributed by atoms with E-state index in [2.05, 4.69) is 47.9 Å². The van der Waals surface area contributed by atoms with Crippen molar-refractivity contribution in [2.24, 2.45) is 52.5 Å². The number of amides is 14. The van der Waals surface area contributed by atoms with E-state index < -0.39 is 230 Å². The summed E-state index contributed by atoms with van der Waals surface area (Å²) in [6.45, 7) is 14.7. The molecule has 0 bridgehead atoms. The molecule has 1 aromatic rings. The number of rotatable bonds is 46. The molecule has 38 heteroatoms. The number of likely N-dealkylation sites (N-methyl/N-ethyl adjacent to an activating group) is 2. The Bertz CT molecular complexity index is 3150. The topological polar surface area (TPSA) is 615 Å². The summed E-state index contributed by atoms with van der Waals surface area (Å²) in [6.07, 6.45) is -6.75. The van der Waals surface area contributed by atoms with Gasteiger partial charge in [-0.2, -0.15) is 0 Å². The molecule has 23 N–H and O–H groups in total. The molecular weight excluding hydrogens is 1370 g/mol. The van der Waals surface area contributed by atoms with Gasteiger partial charge in [-0.15, -0.1) is 0 Å². The number of hydrogen-bond acceptors (Lipinski definition) is 23. The number of allylic oxidation sites excluding steroid dienone is 1. The monoisotopic (exact) mass is 1480 g/mol. The number of phenols is 1. The number of hydrogen-bond donors (Lipinski definition) is 19. The van der Waals surface area contributed by atoms with E-state index in [0.29, 0.717) is 5.92 Å². The number of nitrogens with zero attached hydrogens (tertiary/aromatic N) is 2. The maximum Gasteiger partial charge on any atom is 0.326 e. The predicted octanol–water partition coefficient (Wildman–Crippen LogP) is -6.51. The first kappa shape index (κ1) is 92.5. The Hall–Kier alpha value is -9.47. The van der Waals surface area contributed by atoms with Crippen molar-refractivity contribution in [3.63, 3.8) is 0 Å². The lowest BCUT2D eigenvalue weighted by molar-refractivity contribution is -0.152. The highest BCUT2D eigenvalue weighted by atomic mass is 16.5. The largest absolute Gasteiger partial charge is 0.508 e. The van der Waals surface area contributed by atoms with Gasteiger partial charge in [0.1, 0.15) is 72.3 Å². The summed E-state index contributed by atoms with van der Waals surface area (Å²) in [5.41, 5.74) is 22.7. The third-order valence-corrected chi connectivity index (χ3v) is 16.8. The van der Waals surface area contributed by atoms with Gasteiger partial charge >= 0.3 is 5.97 Å². The summed E-state index contributed by atoms with van der Waals surface area (Å²) in [6, 6.07) is -14.1. The minimum Gasteiger partial charge on any atom is -0.508 e. The van der Waals surface area contributed by atoms with Crippen molar-refractivity contribution in [1.82, 2.24) is 57.7 Å². The molecule has 38 nitrogen and oxygen atoms in total. The van der Waals surface area contributed by atoms with E-state index in [-0.39, 0.29) is 29.6 Å². The summed E-state index contributed by atoms with van der Waals surface area (Å²) >= 11 is 0. The van der Waals surface area contributed by atoms with E-state index in [1.165, 1.54) is 79.2 Å². The molecular formula is C66H109N15O23. The number of phenolic OH excluding ortho intramolecular Hbond substituents is 1. The SMILES string of the molecule is COC[C@@H](NC(=O)[C@H](NC(=O)[C@@H](NC(=O)[C@@H](NC(=O)[C@@H](NC(=O)[C@H](NC(=O)C[C@H](O)/C=C\[C@@H](C)CC(C)C)[C@H](O)C(N)=O)[C@@H](C)O)[C@H](C)N)[C@@H](C)[C@@H](C)C(N)=O)[C@@H](C)O)C(=O)NCC(=O)N[C@@H](CC(C)C)C(=O)N(C)[C@@H](CCC(N)=O)C(=O)N[C@@H](C(=O)N(C)[C@@H](C)C(=O)O)[C@H](OC)c1ccc(O)cc1. The summed E-state index contributed by atoms with van der Waals surface area (Å²) in [5.74, 6) is -20.3. The Balaban J connectivity index is 3.55. The van der Waals surface area contributed by atoms with E-state index in [1.807, 2.05) is 20.8 Å². The Kier molecular flexibility index (Phi) is 39.4. The number of carbonyl (C=O) groups is 15. The summed E-state index contributed by atoms with van der Waals surface area (Å²) in [4.78, 5) is 204. The highest BCUT2D eigenvalue weighted by Crippen LogP contribution is 2.26. The van der Waals surface area contributed by atoms with Crippen molar-refractivity contribution in [3.8, 4) is 5.75 Å². The van der Waals surface area contributed by atoms with Gasteiger partial charge in [0, 0.05) is 46.7 Å². The van der Waals surface area contributed by atoms with E-state index in [0.717, 1.165) is 37.2 Å². The fourth-order valence-corrected chi connectivity index (χ4v) is 10.5. The lowest BCUT2D eigenvalue weighted by Gasteiger charge is -2.35. The van der Waals surface area contributed by atoms with Crippen LogP contribution in [-0.4, -0.2) is 261 Å². The van der Waals surface area contributed by atoms with Crippen LogP contribution in [0.2, 0.25) is 0 Å². The number of ether oxygens (including phenoxy) is 2. The van der Waals surface area contributed by atoms with Gasteiger partial charge in [0.25, 0.3) is 0 Å². The van der Waals surface area contributed by atoms with Crippen molar-refractivity contribution < 1.29 is 112 Å². The fourth-order valence-electron chi connectivity index (χ4n) is 10.5. The van der Waals surface area contributed by atoms with Crippen LogP contribution >= 0.6 is 0 Å². The number of carboxylic acids is 1. The highest BCUT2D eigenvalue weighted by molar-refractivity contribution is 6.00. The number of nitrogens with one attached hydrogen (secondary N) is 9. The highest BCUT2D eigenvalue weighted by Gasteiger charge is 2.43. The second kappa shape index (κ2) is 44.2. The van der Waals surface area contributed by atoms with Crippen LogP contribution < -0.4 is 70.8 Å². The van der Waals surface area contributed by atoms with Crippen molar-refractivity contribution in [1.29, 1.82) is 0 Å². The Morgan fingerprint density at radius 3 is 1.50 bits per heavy atom. The summed E-state index contributed by atoms with van der Waals surface area (Å²) in [5, 5.41) is 83.1. The predicted molar refractivity (Wildman–Crippen MR) is 371 cm³/mol. The molecule has 1 rings (SSSR count). The molecule has 1 aromatic carbocycles. The number of aromatic hydroxyl groups is 1. The first-order chi connectivity index (χ1) is 48.2. The zero-order valence-corrected chi connectivity index (χ0v) is 61.4. The van der Waals surface area contributed by atoms with E-state index >= 15 is 0 Å². The van der Waals surface area contributed by atoms with Crippen LogP contribution in [0.4, 0.5) is 0 Å². The molecule has 586 valence electrons. The Morgan fingerprint density at radius 1 is 0.538 bits per heavy atom. The number of primary amides is 3. The lowest BCUT2D eigenvalue weighted by Crippen LogP contribution is -2.66. The van der Waals surface area contributed by atoms with Crippen LogP contribution in [0.15, 0.2) is 36.4 Å². The molecule has 104 heavy (non-hydrogen) atoms. The van der Waals surface area contributed by atoms with E-state index in [1.54, 1.807) is 19.9 Å². The molecule has 19 atom stereocenters. The van der Waals surface area contributed by atoms with Crippen molar-refractivity contribution in [3.05, 3.63) is 42.0 Å². The number of aliphatic hydroxyl groups is 4. The third kappa shape index (κ3) is 30.1. The molecule has 0 spiro atoms. The van der Waals surface area contributed by atoms with Gasteiger partial charge < -0.3 is 121 Å². The number of aliphatic carboxylic acids is 1. The molecule has 0 aromatic heterocycles. The zero-order valence-electron chi connectivity index (χ0n) is 61.4. The van der Waals surface area contributed by atoms with Crippen molar-refractivity contribution in [2.45, 2.75) is 205 Å². The van der Waals surface area contributed by atoms with Gasteiger partial charge in [0.05, 0.1) is 37.9 Å². The third-order valence-electron chi connectivity index (χ3n) is 16.8. The van der Waals surface area contributed by atoms with Gasteiger partial charge in [-0.25, -0.2) is 4.79 Å². The van der Waals surface area contributed by atoms with Gasteiger partial charge in [0.15, 0.2) is 6.10 Å². The molecule has 0 fully saturated rings. The summed E-state index contributed by atoms with van der Waals surface area (Å²) < 4.78 is 10.8. The fraction of sp³-hybridized carbons (Fsp3) is 0.652. The van der Waals surface area contributed by atoms with Crippen LogP contribution in [-0.2, 0) is 81.4 Å². The van der Waals surface area contributed by atoms with Gasteiger partial charge in [-0.3, -0.25) is 67.1 Å². The average molecular weight is 1480 g/mol. The maximum atomic E-state index is 14.5. The average Bonchev–Trinajstić information content (AvgIpc) is 0.750. The molecule has 0 aliphatic carbocycles. The molecule has 0 saturated carbocycles. The lowest BCUT2D eigenvalue weighted by atomic mass is 9.87. The smallest absolute Gasteiger partial charge is 0.326 e.